The van der Waals surface area contributed by atoms with Gasteiger partial charge in [-0.2, -0.15) is 9.78 Å². The van der Waals surface area contributed by atoms with Crippen molar-refractivity contribution in [1.82, 2.24) is 9.78 Å². The third kappa shape index (κ3) is 2.65. The quantitative estimate of drug-likeness (QED) is 0.569. The molecule has 0 aliphatic heterocycles. The van der Waals surface area contributed by atoms with Gasteiger partial charge in [-0.1, -0.05) is 30.3 Å². The summed E-state index contributed by atoms with van der Waals surface area (Å²) in [5, 5.41) is 5.83. The lowest BCUT2D eigenvalue weighted by molar-refractivity contribution is 0.626. The Kier molecular flexibility index (Phi) is 3.54. The second-order valence-electron chi connectivity index (χ2n) is 5.71. The smallest absolute Gasteiger partial charge is 0.279 e. The molecule has 2 N–H and O–H groups in total. The van der Waals surface area contributed by atoms with Gasteiger partial charge in [0.1, 0.15) is 5.82 Å². The number of nitrogen functional groups attached to an aromatic ring is 1. The zero-order valence-electron chi connectivity index (χ0n) is 13.2. The first-order valence-corrected chi connectivity index (χ1v) is 7.77. The molecule has 0 bridgehead atoms. The van der Waals surface area contributed by atoms with E-state index in [-0.39, 0.29) is 11.4 Å². The maximum atomic E-state index is 13.2. The van der Waals surface area contributed by atoms with Crippen molar-refractivity contribution in [3.63, 3.8) is 0 Å². The summed E-state index contributed by atoms with van der Waals surface area (Å²) in [6, 6.07) is 20.3. The summed E-state index contributed by atoms with van der Waals surface area (Å²) >= 11 is 0. The van der Waals surface area contributed by atoms with Gasteiger partial charge in [-0.15, -0.1) is 0 Å². The van der Waals surface area contributed by atoms with Crippen LogP contribution >= 0.6 is 0 Å². The van der Waals surface area contributed by atoms with E-state index in [1.807, 2.05) is 36.4 Å². The second-order valence-corrected chi connectivity index (χ2v) is 5.71. The fourth-order valence-corrected chi connectivity index (χ4v) is 2.85. The van der Waals surface area contributed by atoms with Gasteiger partial charge in [0.05, 0.1) is 16.8 Å². The van der Waals surface area contributed by atoms with Crippen LogP contribution in [0.1, 0.15) is 0 Å². The lowest BCUT2D eigenvalue weighted by Gasteiger charge is -2.11. The molecule has 4 nitrogen and oxygen atoms in total. The van der Waals surface area contributed by atoms with Gasteiger partial charge in [-0.25, -0.2) is 4.39 Å². The van der Waals surface area contributed by atoms with Crippen LogP contribution in [0.5, 0.6) is 0 Å². The summed E-state index contributed by atoms with van der Waals surface area (Å²) in [6.07, 6.45) is 0. The normalized spacial score (nSPS) is 10.9. The van der Waals surface area contributed by atoms with Gasteiger partial charge < -0.3 is 5.73 Å². The molecule has 25 heavy (non-hydrogen) atoms. The molecule has 0 amide bonds. The maximum absolute atomic E-state index is 13.2. The molecular weight excluding hydrogens is 317 g/mol. The maximum Gasteiger partial charge on any atom is 0.279 e. The van der Waals surface area contributed by atoms with Crippen molar-refractivity contribution in [2.45, 2.75) is 0 Å². The minimum Gasteiger partial charge on any atom is -0.399 e. The van der Waals surface area contributed by atoms with Crippen LogP contribution in [0, 0.1) is 5.82 Å². The van der Waals surface area contributed by atoms with Crippen molar-refractivity contribution in [2.75, 3.05) is 5.73 Å². The Morgan fingerprint density at radius 3 is 2.32 bits per heavy atom. The molecule has 4 aromatic rings. The van der Waals surface area contributed by atoms with Gasteiger partial charge in [0.25, 0.3) is 5.56 Å². The van der Waals surface area contributed by atoms with E-state index in [9.17, 15) is 9.18 Å². The molecule has 0 atom stereocenters. The number of anilines is 1. The molecule has 0 radical (unpaired) electrons. The molecule has 0 unspecified atom stereocenters. The highest BCUT2D eigenvalue weighted by Crippen LogP contribution is 2.26. The van der Waals surface area contributed by atoms with Crippen LogP contribution in [0.3, 0.4) is 0 Å². The summed E-state index contributed by atoms with van der Waals surface area (Å²) in [7, 11) is 0. The Morgan fingerprint density at radius 1 is 0.880 bits per heavy atom. The van der Waals surface area contributed by atoms with Crippen molar-refractivity contribution in [2.24, 2.45) is 0 Å². The number of hydrogen-bond acceptors (Lipinski definition) is 3. The van der Waals surface area contributed by atoms with Crippen LogP contribution < -0.4 is 11.3 Å². The molecule has 3 aromatic carbocycles. The van der Waals surface area contributed by atoms with E-state index in [1.54, 1.807) is 12.1 Å². The van der Waals surface area contributed by atoms with Gasteiger partial charge in [-0.05, 0) is 42.5 Å². The molecule has 0 fully saturated rings. The van der Waals surface area contributed by atoms with E-state index in [1.165, 1.54) is 28.9 Å². The molecule has 0 spiro atoms. The van der Waals surface area contributed by atoms with E-state index >= 15 is 0 Å². The van der Waals surface area contributed by atoms with Gasteiger partial charge in [-0.3, -0.25) is 4.79 Å². The lowest BCUT2D eigenvalue weighted by Crippen LogP contribution is -2.22. The summed E-state index contributed by atoms with van der Waals surface area (Å²) in [4.78, 5) is 12.8. The number of hydrogen-bond donors (Lipinski definition) is 1. The standard InChI is InChI=1S/C20H14FN3O/c21-14-8-10-16(11-9-14)24-20(25)18-7-2-1-6-17(18)19(23-24)13-4-3-5-15(22)12-13/h1-12H,22H2. The average Bonchev–Trinajstić information content (AvgIpc) is 2.63. The SMILES string of the molecule is Nc1cccc(-c2nn(-c3ccc(F)cc3)c(=O)c3ccccc23)c1. The third-order valence-corrected chi connectivity index (χ3v) is 4.04. The first kappa shape index (κ1) is 15.1. The second kappa shape index (κ2) is 5.87. The number of fused-ring (bicyclic) bond motifs is 1. The largest absolute Gasteiger partial charge is 0.399 e. The number of halogens is 1. The molecule has 1 aromatic heterocycles. The van der Waals surface area contributed by atoms with Gasteiger partial charge >= 0.3 is 0 Å². The average molecular weight is 331 g/mol. The minimum atomic E-state index is -0.367. The molecule has 122 valence electrons. The predicted molar refractivity (Wildman–Crippen MR) is 97.1 cm³/mol. The summed E-state index contributed by atoms with van der Waals surface area (Å²) < 4.78 is 14.5. The summed E-state index contributed by atoms with van der Waals surface area (Å²) in [6.45, 7) is 0. The Balaban J connectivity index is 2.07. The summed E-state index contributed by atoms with van der Waals surface area (Å²) in [5.41, 5.74) is 8.22. The van der Waals surface area contributed by atoms with E-state index < -0.39 is 0 Å². The Labute approximate surface area is 143 Å². The zero-order chi connectivity index (χ0) is 17.4. The number of nitrogens with zero attached hydrogens (tertiary/aromatic N) is 2. The van der Waals surface area contributed by atoms with Crippen LogP contribution in [0.25, 0.3) is 27.7 Å². The highest BCUT2D eigenvalue weighted by atomic mass is 19.1. The monoisotopic (exact) mass is 331 g/mol. The van der Waals surface area contributed by atoms with Crippen molar-refractivity contribution in [1.29, 1.82) is 0 Å². The van der Waals surface area contributed by atoms with Crippen LogP contribution in [0.2, 0.25) is 0 Å². The fraction of sp³-hybridized carbons (Fsp3) is 0. The number of rotatable bonds is 2. The zero-order valence-corrected chi connectivity index (χ0v) is 13.2. The molecular formula is C20H14FN3O. The molecule has 0 saturated heterocycles. The molecule has 5 heteroatoms. The van der Waals surface area contributed by atoms with Crippen LogP contribution in [0.4, 0.5) is 10.1 Å². The third-order valence-electron chi connectivity index (χ3n) is 4.04. The van der Waals surface area contributed by atoms with E-state index in [0.717, 1.165) is 10.9 Å². The number of aromatic nitrogens is 2. The van der Waals surface area contributed by atoms with Crippen molar-refractivity contribution < 1.29 is 4.39 Å². The van der Waals surface area contributed by atoms with E-state index in [4.69, 9.17) is 5.73 Å². The molecule has 1 heterocycles. The number of nitrogens with two attached hydrogens (primary N) is 1. The van der Waals surface area contributed by atoms with Crippen LogP contribution in [-0.4, -0.2) is 9.78 Å². The summed E-state index contributed by atoms with van der Waals surface area (Å²) in [5.74, 6) is -0.367. The molecule has 0 aliphatic rings. The Bertz CT molecular complexity index is 1130. The highest BCUT2D eigenvalue weighted by molar-refractivity contribution is 5.94. The first-order chi connectivity index (χ1) is 12.1. The Hall–Kier alpha value is -3.47. The highest BCUT2D eigenvalue weighted by Gasteiger charge is 2.13. The van der Waals surface area contributed by atoms with Gasteiger partial charge in [0, 0.05) is 16.6 Å². The van der Waals surface area contributed by atoms with Crippen molar-refractivity contribution in [3.8, 4) is 16.9 Å². The minimum absolute atomic E-state index is 0.255. The van der Waals surface area contributed by atoms with Gasteiger partial charge in [0.2, 0.25) is 0 Å². The molecule has 0 aliphatic carbocycles. The lowest BCUT2D eigenvalue weighted by atomic mass is 10.0. The predicted octanol–water partition coefficient (Wildman–Crippen LogP) is 3.77. The Morgan fingerprint density at radius 2 is 1.60 bits per heavy atom. The van der Waals surface area contributed by atoms with E-state index in [0.29, 0.717) is 22.5 Å². The van der Waals surface area contributed by atoms with E-state index in [2.05, 4.69) is 5.10 Å². The van der Waals surface area contributed by atoms with Crippen molar-refractivity contribution in [3.05, 3.63) is 89.0 Å². The first-order valence-electron chi connectivity index (χ1n) is 7.77. The molecule has 4 rings (SSSR count). The molecule has 0 saturated carbocycles. The number of benzene rings is 3. The fourth-order valence-electron chi connectivity index (χ4n) is 2.85. The van der Waals surface area contributed by atoms with Crippen LogP contribution in [0.15, 0.2) is 77.6 Å². The van der Waals surface area contributed by atoms with Crippen LogP contribution in [-0.2, 0) is 0 Å². The topological polar surface area (TPSA) is 60.9 Å². The van der Waals surface area contributed by atoms with Crippen molar-refractivity contribution >= 4 is 16.5 Å². The van der Waals surface area contributed by atoms with Gasteiger partial charge in [0.15, 0.2) is 0 Å².